The minimum absolute atomic E-state index is 0.106. The van der Waals surface area contributed by atoms with E-state index >= 15 is 0 Å². The van der Waals surface area contributed by atoms with E-state index in [9.17, 15) is 19.5 Å². The van der Waals surface area contributed by atoms with Gasteiger partial charge in [-0.3, -0.25) is 19.8 Å². The first-order valence-corrected chi connectivity index (χ1v) is 10.1. The van der Waals surface area contributed by atoms with Gasteiger partial charge in [0.05, 0.1) is 6.61 Å². The fourth-order valence-electron chi connectivity index (χ4n) is 3.15. The number of morpholine rings is 1. The number of benzene rings is 2. The summed E-state index contributed by atoms with van der Waals surface area (Å²) in [6, 6.07) is 12.9. The minimum atomic E-state index is -1.72. The molecule has 1 aliphatic rings. The van der Waals surface area contributed by atoms with Crippen molar-refractivity contribution in [3.63, 3.8) is 0 Å². The average Bonchev–Trinajstić information content (AvgIpc) is 2.79. The number of aliphatic hydroxyl groups is 1. The summed E-state index contributed by atoms with van der Waals surface area (Å²) < 4.78 is 5.40. The molecule has 6 N–H and O–H groups in total. The molecule has 1 saturated heterocycles. The lowest BCUT2D eigenvalue weighted by molar-refractivity contribution is -0.150. The topological polar surface area (TPSA) is 158 Å². The van der Waals surface area contributed by atoms with Crippen molar-refractivity contribution in [3.05, 3.63) is 54.1 Å². The van der Waals surface area contributed by atoms with Gasteiger partial charge >= 0.3 is 0 Å². The van der Waals surface area contributed by atoms with Crippen LogP contribution in [0.1, 0.15) is 18.9 Å². The van der Waals surface area contributed by atoms with Gasteiger partial charge < -0.3 is 31.1 Å². The van der Waals surface area contributed by atoms with Gasteiger partial charge in [-0.25, -0.2) is 0 Å². The smallest absolute Gasteiger partial charge is 0.259 e. The lowest BCUT2D eigenvalue weighted by atomic mass is 10.1. The highest BCUT2D eigenvalue weighted by Gasteiger charge is 2.39. The number of ether oxygens (including phenoxy) is 1. The van der Waals surface area contributed by atoms with Gasteiger partial charge in [0.2, 0.25) is 5.91 Å². The number of nitrogen functional groups attached to an aromatic ring is 1. The number of hydrogen-bond donors (Lipinski definition) is 5. The van der Waals surface area contributed by atoms with Crippen molar-refractivity contribution in [2.75, 3.05) is 28.7 Å². The standard InChI is InChI=1S/C22H25N5O5/c1-2-17(28)25-14-7-9-16(10-8-14)27-11-12-32-19(22(27)31)18(29)21(30)26-15-5-3-13(4-6-15)20(23)24/h3-10,18-19,29H,2,11-12H2,1H3,(H3,23,24)(H,25,28)(H,26,30)/t18-,19-/m1/s1. The molecule has 2 atom stereocenters. The Bertz CT molecular complexity index is 1010. The summed E-state index contributed by atoms with van der Waals surface area (Å²) >= 11 is 0. The Kier molecular flexibility index (Phi) is 7.18. The van der Waals surface area contributed by atoms with Crippen molar-refractivity contribution < 1.29 is 24.2 Å². The molecule has 0 spiro atoms. The lowest BCUT2D eigenvalue weighted by Crippen LogP contribution is -2.55. The summed E-state index contributed by atoms with van der Waals surface area (Å²) in [5.74, 6) is -1.56. The summed E-state index contributed by atoms with van der Waals surface area (Å²) in [5, 5.41) is 23.1. The Hall–Kier alpha value is -3.76. The monoisotopic (exact) mass is 439 g/mol. The Morgan fingerprint density at radius 2 is 1.75 bits per heavy atom. The quantitative estimate of drug-likeness (QED) is 0.320. The molecule has 3 rings (SSSR count). The van der Waals surface area contributed by atoms with Crippen molar-refractivity contribution >= 4 is 40.6 Å². The van der Waals surface area contributed by atoms with E-state index < -0.39 is 24.0 Å². The first-order chi connectivity index (χ1) is 15.3. The van der Waals surface area contributed by atoms with Gasteiger partial charge in [-0.2, -0.15) is 0 Å². The van der Waals surface area contributed by atoms with E-state index in [1.54, 1.807) is 43.3 Å². The maximum absolute atomic E-state index is 12.9. The van der Waals surface area contributed by atoms with Crippen LogP contribution in [0.25, 0.3) is 0 Å². The van der Waals surface area contributed by atoms with Crippen molar-refractivity contribution in [2.24, 2.45) is 5.73 Å². The van der Waals surface area contributed by atoms with Crippen molar-refractivity contribution in [2.45, 2.75) is 25.6 Å². The zero-order chi connectivity index (χ0) is 23.3. The molecule has 0 aromatic heterocycles. The molecule has 1 fully saturated rings. The van der Waals surface area contributed by atoms with Gasteiger partial charge in [0.15, 0.2) is 12.2 Å². The third-order valence-corrected chi connectivity index (χ3v) is 4.92. The van der Waals surface area contributed by atoms with Crippen LogP contribution in [-0.2, 0) is 19.1 Å². The number of amides is 3. The van der Waals surface area contributed by atoms with Crippen molar-refractivity contribution in [1.82, 2.24) is 0 Å². The predicted molar refractivity (Wildman–Crippen MR) is 120 cm³/mol. The molecule has 3 amide bonds. The number of rotatable bonds is 7. The number of carbonyl (C=O) groups is 3. The van der Waals surface area contributed by atoms with E-state index in [1.807, 2.05) is 0 Å². The first kappa shape index (κ1) is 22.9. The number of carbonyl (C=O) groups excluding carboxylic acids is 3. The highest BCUT2D eigenvalue weighted by Crippen LogP contribution is 2.23. The van der Waals surface area contributed by atoms with Crippen LogP contribution in [0.4, 0.5) is 17.1 Å². The third kappa shape index (κ3) is 5.29. The first-order valence-electron chi connectivity index (χ1n) is 10.1. The second-order valence-electron chi connectivity index (χ2n) is 7.15. The molecule has 168 valence electrons. The van der Waals surface area contributed by atoms with Gasteiger partial charge in [-0.1, -0.05) is 6.92 Å². The van der Waals surface area contributed by atoms with Gasteiger partial charge in [0, 0.05) is 35.6 Å². The number of anilines is 3. The van der Waals surface area contributed by atoms with E-state index in [1.165, 1.54) is 17.0 Å². The number of hydrogen-bond acceptors (Lipinski definition) is 6. The lowest BCUT2D eigenvalue weighted by Gasteiger charge is -2.34. The molecule has 2 aromatic carbocycles. The fraction of sp³-hybridized carbons (Fsp3) is 0.273. The zero-order valence-corrected chi connectivity index (χ0v) is 17.5. The van der Waals surface area contributed by atoms with E-state index in [0.29, 0.717) is 29.0 Å². The largest absolute Gasteiger partial charge is 0.384 e. The number of nitrogens with zero attached hydrogens (tertiary/aromatic N) is 1. The van der Waals surface area contributed by atoms with Crippen molar-refractivity contribution in [1.29, 1.82) is 5.41 Å². The van der Waals surface area contributed by atoms with Crippen LogP contribution < -0.4 is 21.3 Å². The average molecular weight is 439 g/mol. The summed E-state index contributed by atoms with van der Waals surface area (Å²) in [5.41, 5.74) is 7.44. The van der Waals surface area contributed by atoms with Gasteiger partial charge in [-0.15, -0.1) is 0 Å². The van der Waals surface area contributed by atoms with E-state index in [-0.39, 0.29) is 24.9 Å². The van der Waals surface area contributed by atoms with Crippen LogP contribution in [0, 0.1) is 5.41 Å². The SMILES string of the molecule is CCC(=O)Nc1ccc(N2CCO[C@H]([C@@H](O)C(=O)Nc3ccc(C(=N)N)cc3)C2=O)cc1. The molecular formula is C22H25N5O5. The molecule has 10 heteroatoms. The van der Waals surface area contributed by atoms with Crippen LogP contribution in [0.3, 0.4) is 0 Å². The minimum Gasteiger partial charge on any atom is -0.384 e. The zero-order valence-electron chi connectivity index (χ0n) is 17.5. The molecular weight excluding hydrogens is 414 g/mol. The van der Waals surface area contributed by atoms with Crippen LogP contribution in [-0.4, -0.2) is 54.0 Å². The highest BCUT2D eigenvalue weighted by atomic mass is 16.5. The Labute approximate surface area is 184 Å². The number of nitrogens with two attached hydrogens (primary N) is 1. The molecule has 1 aliphatic heterocycles. The second kappa shape index (κ2) is 10.0. The molecule has 0 saturated carbocycles. The molecule has 10 nitrogen and oxygen atoms in total. The normalized spacial score (nSPS) is 16.9. The number of amidine groups is 1. The maximum atomic E-state index is 12.9. The molecule has 0 aliphatic carbocycles. The number of aliphatic hydroxyl groups excluding tert-OH is 1. The maximum Gasteiger partial charge on any atom is 0.259 e. The molecule has 2 aromatic rings. The van der Waals surface area contributed by atoms with Crippen LogP contribution >= 0.6 is 0 Å². The summed E-state index contributed by atoms with van der Waals surface area (Å²) in [7, 11) is 0. The summed E-state index contributed by atoms with van der Waals surface area (Å²) in [6.45, 7) is 2.15. The van der Waals surface area contributed by atoms with E-state index in [4.69, 9.17) is 15.9 Å². The molecule has 0 radical (unpaired) electrons. The molecule has 32 heavy (non-hydrogen) atoms. The summed E-state index contributed by atoms with van der Waals surface area (Å²) in [4.78, 5) is 38.3. The van der Waals surface area contributed by atoms with E-state index in [0.717, 1.165) is 0 Å². The molecule has 0 unspecified atom stereocenters. The Morgan fingerprint density at radius 1 is 1.16 bits per heavy atom. The van der Waals surface area contributed by atoms with Crippen LogP contribution in [0.5, 0.6) is 0 Å². The van der Waals surface area contributed by atoms with Crippen LogP contribution in [0.15, 0.2) is 48.5 Å². The van der Waals surface area contributed by atoms with Gasteiger partial charge in [0.25, 0.3) is 11.8 Å². The molecule has 0 bridgehead atoms. The highest BCUT2D eigenvalue weighted by molar-refractivity contribution is 6.04. The fourth-order valence-corrected chi connectivity index (χ4v) is 3.15. The van der Waals surface area contributed by atoms with Gasteiger partial charge in [0.1, 0.15) is 5.84 Å². The predicted octanol–water partition coefficient (Wildman–Crippen LogP) is 1.05. The molecule has 1 heterocycles. The Morgan fingerprint density at radius 3 is 2.34 bits per heavy atom. The van der Waals surface area contributed by atoms with Crippen LogP contribution in [0.2, 0.25) is 0 Å². The van der Waals surface area contributed by atoms with E-state index in [2.05, 4.69) is 10.6 Å². The van der Waals surface area contributed by atoms with Gasteiger partial charge in [-0.05, 0) is 48.5 Å². The summed E-state index contributed by atoms with van der Waals surface area (Å²) in [6.07, 6.45) is -2.73. The second-order valence-corrected chi connectivity index (χ2v) is 7.15. The Balaban J connectivity index is 1.66. The third-order valence-electron chi connectivity index (χ3n) is 4.92. The van der Waals surface area contributed by atoms with Crippen molar-refractivity contribution in [3.8, 4) is 0 Å². The number of nitrogens with one attached hydrogen (secondary N) is 3.